The van der Waals surface area contributed by atoms with Crippen molar-refractivity contribution in [1.29, 1.82) is 0 Å². The average Bonchev–Trinajstić information content (AvgIpc) is 2.60. The zero-order valence-corrected chi connectivity index (χ0v) is 14.8. The van der Waals surface area contributed by atoms with Gasteiger partial charge in [0.1, 0.15) is 0 Å². The molecule has 0 saturated carbocycles. The van der Waals surface area contributed by atoms with Crippen LogP contribution < -0.4 is 5.56 Å². The molecule has 2 aliphatic heterocycles. The van der Waals surface area contributed by atoms with Crippen LogP contribution in [0.2, 0.25) is 0 Å². The lowest BCUT2D eigenvalue weighted by Gasteiger charge is -2.53. The first kappa shape index (κ1) is 16.5. The van der Waals surface area contributed by atoms with E-state index in [9.17, 15) is 9.90 Å². The van der Waals surface area contributed by atoms with E-state index in [1.54, 1.807) is 10.9 Å². The van der Waals surface area contributed by atoms with E-state index in [0.717, 1.165) is 24.9 Å². The molecule has 0 unspecified atom stereocenters. The van der Waals surface area contributed by atoms with Crippen LogP contribution in [-0.4, -0.2) is 43.8 Å². The van der Waals surface area contributed by atoms with Crippen molar-refractivity contribution in [2.24, 2.45) is 5.92 Å². The van der Waals surface area contributed by atoms with E-state index < -0.39 is 0 Å². The van der Waals surface area contributed by atoms with Gasteiger partial charge in [0.05, 0.1) is 29.4 Å². The Morgan fingerprint density at radius 1 is 1.28 bits per heavy atom. The molecule has 132 valence electrons. The van der Waals surface area contributed by atoms with Crippen LogP contribution in [0.4, 0.5) is 0 Å². The Morgan fingerprint density at radius 3 is 2.92 bits per heavy atom. The van der Waals surface area contributed by atoms with Crippen molar-refractivity contribution < 1.29 is 5.11 Å². The maximum Gasteiger partial charge on any atom is 0.261 e. The molecule has 0 radical (unpaired) electrons. The zero-order valence-electron chi connectivity index (χ0n) is 14.8. The predicted octanol–water partition coefficient (Wildman–Crippen LogP) is 2.19. The minimum Gasteiger partial charge on any atom is -0.391 e. The first-order chi connectivity index (χ1) is 12.0. The number of nitrogens with zero attached hydrogens (tertiary/aromatic N) is 3. The van der Waals surface area contributed by atoms with E-state index in [1.165, 1.54) is 0 Å². The highest BCUT2D eigenvalue weighted by molar-refractivity contribution is 5.76. The minimum absolute atomic E-state index is 0.00982. The van der Waals surface area contributed by atoms with E-state index in [2.05, 4.69) is 35.9 Å². The molecule has 2 aliphatic rings. The summed E-state index contributed by atoms with van der Waals surface area (Å²) in [5, 5.41) is 11.0. The highest BCUT2D eigenvalue weighted by atomic mass is 16.3. The van der Waals surface area contributed by atoms with Crippen molar-refractivity contribution in [3.63, 3.8) is 0 Å². The standard InChI is InChI=1S/C20H25N3O2/c1-20(2)14(9-10-17-18(24)8-5-11-23(17)20)12-22-13-21-16-7-4-3-6-15(16)19(22)25/h3-4,6-7,9-10,13-14,17-18,24H,5,8,11-12H2,1-2H3/t14-,17-,18+/m1/s1. The molecule has 1 aromatic heterocycles. The quantitative estimate of drug-likeness (QED) is 0.852. The normalized spacial score (nSPS) is 28.8. The molecule has 3 heterocycles. The molecular formula is C20H25N3O2. The molecule has 1 N–H and O–H groups in total. The largest absolute Gasteiger partial charge is 0.391 e. The Kier molecular flexibility index (Phi) is 4.01. The van der Waals surface area contributed by atoms with Crippen LogP contribution in [0.15, 0.2) is 47.5 Å². The fraction of sp³-hybridized carbons (Fsp3) is 0.500. The number of para-hydroxylation sites is 1. The number of hydrogen-bond acceptors (Lipinski definition) is 4. The minimum atomic E-state index is -0.296. The molecule has 0 aliphatic carbocycles. The lowest BCUT2D eigenvalue weighted by molar-refractivity contribution is -0.0459. The summed E-state index contributed by atoms with van der Waals surface area (Å²) in [4.78, 5) is 19.6. The van der Waals surface area contributed by atoms with Crippen molar-refractivity contribution in [2.45, 2.75) is 50.9 Å². The van der Waals surface area contributed by atoms with E-state index in [1.807, 2.05) is 24.3 Å². The van der Waals surface area contributed by atoms with Gasteiger partial charge in [-0.1, -0.05) is 24.3 Å². The first-order valence-electron chi connectivity index (χ1n) is 9.06. The number of piperidine rings is 1. The van der Waals surface area contributed by atoms with Crippen molar-refractivity contribution in [3.8, 4) is 0 Å². The Bertz CT molecular complexity index is 871. The molecular weight excluding hydrogens is 314 g/mol. The number of aromatic nitrogens is 2. The van der Waals surface area contributed by atoms with Crippen LogP contribution in [0, 0.1) is 5.92 Å². The summed E-state index contributed by atoms with van der Waals surface area (Å²) in [6, 6.07) is 7.56. The topological polar surface area (TPSA) is 58.4 Å². The van der Waals surface area contributed by atoms with Gasteiger partial charge in [0.25, 0.3) is 5.56 Å². The third-order valence-corrected chi connectivity index (χ3v) is 5.97. The molecule has 5 heteroatoms. The first-order valence-corrected chi connectivity index (χ1v) is 9.06. The van der Waals surface area contributed by atoms with Crippen LogP contribution >= 0.6 is 0 Å². The number of hydrogen-bond donors (Lipinski definition) is 1. The maximum atomic E-state index is 12.8. The SMILES string of the molecule is CC1(C)[C@@H](Cn2cnc3ccccc3c2=O)C=C[C@@H]2[C@@H](O)CCCN21. The van der Waals surface area contributed by atoms with Gasteiger partial charge in [0.15, 0.2) is 0 Å². The second kappa shape index (κ2) is 6.07. The predicted molar refractivity (Wildman–Crippen MR) is 98.4 cm³/mol. The van der Waals surface area contributed by atoms with Gasteiger partial charge < -0.3 is 5.11 Å². The average molecular weight is 339 g/mol. The lowest BCUT2D eigenvalue weighted by Crippen LogP contribution is -2.61. The Balaban J connectivity index is 1.68. The van der Waals surface area contributed by atoms with Crippen LogP contribution in [0.5, 0.6) is 0 Å². The van der Waals surface area contributed by atoms with E-state index in [-0.39, 0.29) is 29.2 Å². The van der Waals surface area contributed by atoms with Crippen LogP contribution in [0.25, 0.3) is 10.9 Å². The summed E-state index contributed by atoms with van der Waals surface area (Å²) >= 11 is 0. The molecule has 4 rings (SSSR count). The fourth-order valence-electron chi connectivity index (χ4n) is 4.33. The summed E-state index contributed by atoms with van der Waals surface area (Å²) in [5.41, 5.74) is 0.628. The highest BCUT2D eigenvalue weighted by Crippen LogP contribution is 2.37. The number of fused-ring (bicyclic) bond motifs is 2. The van der Waals surface area contributed by atoms with Crippen molar-refractivity contribution in [2.75, 3.05) is 6.54 Å². The molecule has 0 bridgehead atoms. The lowest BCUT2D eigenvalue weighted by atomic mass is 9.77. The van der Waals surface area contributed by atoms with Crippen LogP contribution in [0.1, 0.15) is 26.7 Å². The number of aliphatic hydroxyl groups excluding tert-OH is 1. The van der Waals surface area contributed by atoms with Gasteiger partial charge in [-0.05, 0) is 45.4 Å². The number of aliphatic hydroxyl groups is 1. The summed E-state index contributed by atoms with van der Waals surface area (Å²) in [7, 11) is 0. The van der Waals surface area contributed by atoms with Gasteiger partial charge in [-0.25, -0.2) is 4.98 Å². The van der Waals surface area contributed by atoms with Crippen molar-refractivity contribution in [1.82, 2.24) is 14.5 Å². The highest BCUT2D eigenvalue weighted by Gasteiger charge is 2.44. The second-order valence-corrected chi connectivity index (χ2v) is 7.76. The maximum absolute atomic E-state index is 12.8. The van der Waals surface area contributed by atoms with Crippen molar-refractivity contribution >= 4 is 10.9 Å². The summed E-state index contributed by atoms with van der Waals surface area (Å²) in [6.45, 7) is 6.01. The zero-order chi connectivity index (χ0) is 17.6. The van der Waals surface area contributed by atoms with E-state index in [4.69, 9.17) is 0 Å². The van der Waals surface area contributed by atoms with Crippen molar-refractivity contribution in [3.05, 3.63) is 53.1 Å². The van der Waals surface area contributed by atoms with E-state index >= 15 is 0 Å². The molecule has 3 atom stereocenters. The monoisotopic (exact) mass is 339 g/mol. The van der Waals surface area contributed by atoms with Crippen LogP contribution in [-0.2, 0) is 6.54 Å². The molecule has 1 fully saturated rings. The molecule has 1 saturated heterocycles. The molecule has 0 amide bonds. The Labute approximate surface area is 147 Å². The summed E-state index contributed by atoms with van der Waals surface area (Å²) in [5.74, 6) is 0.190. The molecule has 1 aromatic carbocycles. The molecule has 0 spiro atoms. The number of rotatable bonds is 2. The van der Waals surface area contributed by atoms with E-state index in [0.29, 0.717) is 11.9 Å². The number of benzene rings is 1. The van der Waals surface area contributed by atoms with Gasteiger partial charge >= 0.3 is 0 Å². The van der Waals surface area contributed by atoms with Gasteiger partial charge in [0, 0.05) is 18.0 Å². The smallest absolute Gasteiger partial charge is 0.261 e. The second-order valence-electron chi connectivity index (χ2n) is 7.76. The molecule has 25 heavy (non-hydrogen) atoms. The summed E-state index contributed by atoms with van der Waals surface area (Å²) in [6.07, 6.45) is 7.54. The van der Waals surface area contributed by atoms with Gasteiger partial charge in [-0.3, -0.25) is 14.3 Å². The third kappa shape index (κ3) is 2.71. The Morgan fingerprint density at radius 2 is 2.08 bits per heavy atom. The van der Waals surface area contributed by atoms with Gasteiger partial charge in [-0.2, -0.15) is 0 Å². The molecule has 5 nitrogen and oxygen atoms in total. The van der Waals surface area contributed by atoms with Gasteiger partial charge in [0.2, 0.25) is 0 Å². The molecule has 2 aromatic rings. The summed E-state index contributed by atoms with van der Waals surface area (Å²) < 4.78 is 1.72. The fourth-order valence-corrected chi connectivity index (χ4v) is 4.33. The third-order valence-electron chi connectivity index (χ3n) is 5.97. The Hall–Kier alpha value is -1.98. The van der Waals surface area contributed by atoms with Gasteiger partial charge in [-0.15, -0.1) is 0 Å². The van der Waals surface area contributed by atoms with Crippen LogP contribution in [0.3, 0.4) is 0 Å².